The third-order valence-electron chi connectivity index (χ3n) is 2.91. The van der Waals surface area contributed by atoms with Crippen molar-refractivity contribution in [1.82, 2.24) is 9.97 Å². The molecule has 0 fully saturated rings. The van der Waals surface area contributed by atoms with E-state index in [4.69, 9.17) is 5.73 Å². The van der Waals surface area contributed by atoms with Gasteiger partial charge in [0.15, 0.2) is 5.13 Å². The average Bonchev–Trinajstić information content (AvgIpc) is 2.69. The van der Waals surface area contributed by atoms with Crippen LogP contribution >= 0.6 is 11.3 Å². The van der Waals surface area contributed by atoms with Crippen LogP contribution in [-0.4, -0.2) is 9.97 Å². The van der Waals surface area contributed by atoms with E-state index >= 15 is 0 Å². The molecule has 2 aromatic heterocycles. The van der Waals surface area contributed by atoms with Gasteiger partial charge in [-0.1, -0.05) is 17.4 Å². The van der Waals surface area contributed by atoms with Gasteiger partial charge in [0.25, 0.3) is 0 Å². The van der Waals surface area contributed by atoms with E-state index in [2.05, 4.69) is 22.1 Å². The highest BCUT2D eigenvalue weighted by molar-refractivity contribution is 7.22. The summed E-state index contributed by atoms with van der Waals surface area (Å²) in [4.78, 5) is 8.68. The molecular formula is C12H13N3S. The summed E-state index contributed by atoms with van der Waals surface area (Å²) in [5.41, 5.74) is 9.06. The summed E-state index contributed by atoms with van der Waals surface area (Å²) in [6.07, 6.45) is 9.04. The van der Waals surface area contributed by atoms with Gasteiger partial charge in [0.1, 0.15) is 5.52 Å². The van der Waals surface area contributed by atoms with E-state index in [0.29, 0.717) is 5.13 Å². The maximum absolute atomic E-state index is 5.68. The third-order valence-corrected chi connectivity index (χ3v) is 3.76. The highest BCUT2D eigenvalue weighted by atomic mass is 32.1. The second kappa shape index (κ2) is 3.87. The summed E-state index contributed by atoms with van der Waals surface area (Å²) in [5, 5.41) is 0.617. The Hall–Kier alpha value is -1.42. The lowest BCUT2D eigenvalue weighted by Crippen LogP contribution is -1.94. The van der Waals surface area contributed by atoms with Crippen LogP contribution in [0.1, 0.15) is 31.4 Å². The molecular weight excluding hydrogens is 218 g/mol. The molecule has 0 unspecified atom stereocenters. The number of nitrogens with two attached hydrogens (primary N) is 1. The molecule has 0 radical (unpaired) electrons. The largest absolute Gasteiger partial charge is 0.375 e. The first-order chi connectivity index (χ1) is 7.83. The van der Waals surface area contributed by atoms with Crippen LogP contribution in [-0.2, 0) is 0 Å². The fourth-order valence-corrected chi connectivity index (χ4v) is 2.84. The molecule has 0 bridgehead atoms. The van der Waals surface area contributed by atoms with Crippen LogP contribution in [0.4, 0.5) is 5.13 Å². The summed E-state index contributed by atoms with van der Waals surface area (Å²) >= 11 is 1.53. The number of aromatic nitrogens is 2. The first kappa shape index (κ1) is 9.78. The highest BCUT2D eigenvalue weighted by Crippen LogP contribution is 2.29. The number of hydrogen-bond acceptors (Lipinski definition) is 4. The number of anilines is 1. The Bertz CT molecular complexity index is 556. The quantitative estimate of drug-likeness (QED) is 0.819. The lowest BCUT2D eigenvalue weighted by molar-refractivity contribution is 0.740. The van der Waals surface area contributed by atoms with Gasteiger partial charge in [-0.05, 0) is 37.3 Å². The minimum Gasteiger partial charge on any atom is -0.375 e. The molecule has 2 N–H and O–H groups in total. The van der Waals surface area contributed by atoms with Crippen LogP contribution < -0.4 is 5.73 Å². The van der Waals surface area contributed by atoms with E-state index in [0.717, 1.165) is 22.3 Å². The van der Waals surface area contributed by atoms with Crippen molar-refractivity contribution in [2.45, 2.75) is 25.7 Å². The van der Waals surface area contributed by atoms with E-state index in [-0.39, 0.29) is 0 Å². The number of fused-ring (bicyclic) bond motifs is 1. The third kappa shape index (κ3) is 1.69. The van der Waals surface area contributed by atoms with Crippen molar-refractivity contribution in [2.24, 2.45) is 0 Å². The standard InChI is InChI=1S/C12H13N3S/c13-12-15-10-7-14-9(6-11(10)16-12)8-4-2-1-3-5-8/h4,6-7H,1-3,5H2,(H2,13,15). The Balaban J connectivity index is 2.07. The van der Waals surface area contributed by atoms with Crippen LogP contribution in [0.5, 0.6) is 0 Å². The zero-order valence-electron chi connectivity index (χ0n) is 8.94. The monoisotopic (exact) mass is 231 g/mol. The zero-order chi connectivity index (χ0) is 11.0. The predicted molar refractivity (Wildman–Crippen MR) is 68.3 cm³/mol. The van der Waals surface area contributed by atoms with Crippen LogP contribution in [0.15, 0.2) is 18.3 Å². The normalized spacial score (nSPS) is 16.4. The van der Waals surface area contributed by atoms with Gasteiger partial charge >= 0.3 is 0 Å². The van der Waals surface area contributed by atoms with Crippen LogP contribution in [0.3, 0.4) is 0 Å². The Labute approximate surface area is 98.0 Å². The van der Waals surface area contributed by atoms with Gasteiger partial charge in [-0.25, -0.2) is 4.98 Å². The number of nitrogen functional groups attached to an aromatic ring is 1. The second-order valence-electron chi connectivity index (χ2n) is 4.06. The summed E-state index contributed by atoms with van der Waals surface area (Å²) in [6.45, 7) is 0. The topological polar surface area (TPSA) is 51.8 Å². The lowest BCUT2D eigenvalue weighted by Gasteiger charge is -2.11. The number of thiazole rings is 1. The van der Waals surface area contributed by atoms with Gasteiger partial charge in [-0.2, -0.15) is 0 Å². The Morgan fingerprint density at radius 2 is 2.25 bits per heavy atom. The average molecular weight is 231 g/mol. The van der Waals surface area contributed by atoms with Crippen molar-refractivity contribution in [2.75, 3.05) is 5.73 Å². The summed E-state index contributed by atoms with van der Waals surface area (Å²) in [5.74, 6) is 0. The van der Waals surface area contributed by atoms with Crippen LogP contribution in [0, 0.1) is 0 Å². The zero-order valence-corrected chi connectivity index (χ0v) is 9.76. The van der Waals surface area contributed by atoms with E-state index < -0.39 is 0 Å². The predicted octanol–water partition coefficient (Wildman–Crippen LogP) is 3.23. The van der Waals surface area contributed by atoms with Crippen molar-refractivity contribution >= 4 is 32.3 Å². The lowest BCUT2D eigenvalue weighted by atomic mass is 9.97. The Kier molecular flexibility index (Phi) is 2.36. The molecule has 0 aromatic carbocycles. The molecule has 1 aliphatic rings. The molecule has 82 valence electrons. The van der Waals surface area contributed by atoms with E-state index in [1.165, 1.54) is 36.2 Å². The molecule has 2 heterocycles. The van der Waals surface area contributed by atoms with Gasteiger partial charge in [-0.15, -0.1) is 0 Å². The van der Waals surface area contributed by atoms with Crippen LogP contribution in [0.2, 0.25) is 0 Å². The first-order valence-electron chi connectivity index (χ1n) is 5.54. The number of pyridine rings is 1. The van der Waals surface area contributed by atoms with E-state index in [1.807, 2.05) is 6.20 Å². The van der Waals surface area contributed by atoms with Gasteiger partial charge < -0.3 is 5.73 Å². The van der Waals surface area contributed by atoms with Crippen molar-refractivity contribution in [3.8, 4) is 0 Å². The summed E-state index contributed by atoms with van der Waals surface area (Å²) in [6, 6.07) is 2.11. The minimum absolute atomic E-state index is 0.617. The van der Waals surface area contributed by atoms with E-state index in [9.17, 15) is 0 Å². The highest BCUT2D eigenvalue weighted by Gasteiger charge is 2.09. The molecule has 16 heavy (non-hydrogen) atoms. The Morgan fingerprint density at radius 3 is 3.06 bits per heavy atom. The number of rotatable bonds is 1. The van der Waals surface area contributed by atoms with Gasteiger partial charge in [0.2, 0.25) is 0 Å². The number of nitrogens with zero attached hydrogens (tertiary/aromatic N) is 2. The molecule has 3 nitrogen and oxygen atoms in total. The SMILES string of the molecule is Nc1nc2cnc(C3=CCCCC3)cc2s1. The van der Waals surface area contributed by atoms with Crippen molar-refractivity contribution < 1.29 is 0 Å². The second-order valence-corrected chi connectivity index (χ2v) is 5.13. The van der Waals surface area contributed by atoms with Gasteiger partial charge in [-0.3, -0.25) is 4.98 Å². The number of allylic oxidation sites excluding steroid dienone is 2. The molecule has 0 amide bonds. The molecule has 0 aliphatic heterocycles. The molecule has 0 spiro atoms. The summed E-state index contributed by atoms with van der Waals surface area (Å²) < 4.78 is 1.13. The molecule has 3 rings (SSSR count). The summed E-state index contributed by atoms with van der Waals surface area (Å²) in [7, 11) is 0. The fraction of sp³-hybridized carbons (Fsp3) is 0.333. The maximum atomic E-state index is 5.68. The minimum atomic E-state index is 0.617. The molecule has 4 heteroatoms. The fourth-order valence-electron chi connectivity index (χ4n) is 2.10. The first-order valence-corrected chi connectivity index (χ1v) is 6.36. The molecule has 0 atom stereocenters. The van der Waals surface area contributed by atoms with Gasteiger partial charge in [0.05, 0.1) is 16.6 Å². The van der Waals surface area contributed by atoms with Gasteiger partial charge in [0, 0.05) is 0 Å². The number of hydrogen-bond donors (Lipinski definition) is 1. The molecule has 2 aromatic rings. The maximum Gasteiger partial charge on any atom is 0.181 e. The molecule has 0 saturated carbocycles. The molecule has 1 aliphatic carbocycles. The van der Waals surface area contributed by atoms with Crippen LogP contribution in [0.25, 0.3) is 15.8 Å². The smallest absolute Gasteiger partial charge is 0.181 e. The van der Waals surface area contributed by atoms with Crippen molar-refractivity contribution in [3.05, 3.63) is 24.0 Å². The molecule has 0 saturated heterocycles. The van der Waals surface area contributed by atoms with Crippen molar-refractivity contribution in [1.29, 1.82) is 0 Å². The van der Waals surface area contributed by atoms with Crippen molar-refractivity contribution in [3.63, 3.8) is 0 Å². The Morgan fingerprint density at radius 1 is 1.31 bits per heavy atom. The van der Waals surface area contributed by atoms with E-state index in [1.54, 1.807) is 0 Å².